The summed E-state index contributed by atoms with van der Waals surface area (Å²) in [5, 5.41) is 2.88. The molecule has 0 aromatic heterocycles. The van der Waals surface area contributed by atoms with E-state index < -0.39 is 10.0 Å². The van der Waals surface area contributed by atoms with Crippen LogP contribution in [0.15, 0.2) is 53.4 Å². The first kappa shape index (κ1) is 22.1. The Labute approximate surface area is 177 Å². The number of hydrogen-bond acceptors (Lipinski definition) is 6. The second-order valence-electron chi connectivity index (χ2n) is 6.80. The van der Waals surface area contributed by atoms with Gasteiger partial charge in [-0.25, -0.2) is 8.42 Å². The Morgan fingerprint density at radius 2 is 1.73 bits per heavy atom. The lowest BCUT2D eigenvalue weighted by molar-refractivity contribution is 0.0383. The van der Waals surface area contributed by atoms with Crippen LogP contribution in [-0.2, 0) is 14.8 Å². The van der Waals surface area contributed by atoms with E-state index in [0.29, 0.717) is 30.2 Å². The Morgan fingerprint density at radius 3 is 2.37 bits per heavy atom. The fourth-order valence-corrected chi connectivity index (χ4v) is 4.10. The van der Waals surface area contributed by atoms with Crippen molar-refractivity contribution < 1.29 is 22.7 Å². The molecular weight excluding hydrogens is 406 g/mol. The van der Waals surface area contributed by atoms with Crippen molar-refractivity contribution in [1.82, 2.24) is 10.2 Å². The summed E-state index contributed by atoms with van der Waals surface area (Å²) in [6.45, 7) is 6.89. The van der Waals surface area contributed by atoms with Crippen LogP contribution < -0.4 is 14.8 Å². The summed E-state index contributed by atoms with van der Waals surface area (Å²) >= 11 is 0. The number of rotatable bonds is 9. The third-order valence-corrected chi connectivity index (χ3v) is 6.06. The topological polar surface area (TPSA) is 97.0 Å². The van der Waals surface area contributed by atoms with Gasteiger partial charge in [0, 0.05) is 37.4 Å². The first-order valence-corrected chi connectivity index (χ1v) is 11.4. The van der Waals surface area contributed by atoms with Crippen molar-refractivity contribution in [2.75, 3.05) is 50.7 Å². The average Bonchev–Trinajstić information content (AvgIpc) is 2.75. The molecule has 8 nitrogen and oxygen atoms in total. The molecule has 0 atom stereocenters. The highest BCUT2D eigenvalue weighted by molar-refractivity contribution is 7.92. The van der Waals surface area contributed by atoms with Crippen molar-refractivity contribution in [1.29, 1.82) is 0 Å². The smallest absolute Gasteiger partial charge is 0.261 e. The molecule has 0 spiro atoms. The lowest BCUT2D eigenvalue weighted by Crippen LogP contribution is -2.41. The fourth-order valence-electron chi connectivity index (χ4n) is 3.04. The van der Waals surface area contributed by atoms with E-state index >= 15 is 0 Å². The summed E-state index contributed by atoms with van der Waals surface area (Å²) < 4.78 is 38.2. The molecule has 30 heavy (non-hydrogen) atoms. The number of anilines is 1. The maximum absolute atomic E-state index is 12.5. The Balaban J connectivity index is 1.53. The number of benzene rings is 2. The zero-order chi connectivity index (χ0) is 21.4. The van der Waals surface area contributed by atoms with E-state index in [-0.39, 0.29) is 10.8 Å². The summed E-state index contributed by atoms with van der Waals surface area (Å²) in [5.41, 5.74) is 0.856. The molecular formula is C21H27N3O5S. The van der Waals surface area contributed by atoms with Crippen LogP contribution in [0.25, 0.3) is 0 Å². The third kappa shape index (κ3) is 6.19. The molecule has 9 heteroatoms. The number of nitrogens with one attached hydrogen (secondary N) is 2. The van der Waals surface area contributed by atoms with Crippen LogP contribution in [0.4, 0.5) is 5.69 Å². The third-order valence-electron chi connectivity index (χ3n) is 4.66. The number of sulfonamides is 1. The van der Waals surface area contributed by atoms with E-state index in [4.69, 9.17) is 9.47 Å². The fraction of sp³-hybridized carbons (Fsp3) is 0.381. The van der Waals surface area contributed by atoms with Crippen LogP contribution in [0, 0.1) is 0 Å². The maximum Gasteiger partial charge on any atom is 0.261 e. The predicted octanol–water partition coefficient (Wildman–Crippen LogP) is 1.95. The quantitative estimate of drug-likeness (QED) is 0.627. The van der Waals surface area contributed by atoms with Gasteiger partial charge in [0.2, 0.25) is 0 Å². The highest BCUT2D eigenvalue weighted by Gasteiger charge is 2.15. The van der Waals surface area contributed by atoms with E-state index in [0.717, 1.165) is 32.8 Å². The van der Waals surface area contributed by atoms with Crippen LogP contribution in [0.5, 0.6) is 5.75 Å². The summed E-state index contributed by atoms with van der Waals surface area (Å²) in [4.78, 5) is 14.7. The van der Waals surface area contributed by atoms with Crippen molar-refractivity contribution in [2.24, 2.45) is 0 Å². The standard InChI is InChI=1S/C21H27N3O5S/c1-2-29-19-7-9-20(10-8-19)30(26,27)23-18-5-3-17(4-6-18)21(25)22-11-12-24-13-15-28-16-14-24/h3-10,23H,2,11-16H2,1H3,(H,22,25). The zero-order valence-electron chi connectivity index (χ0n) is 17.0. The van der Waals surface area contributed by atoms with E-state index in [2.05, 4.69) is 14.9 Å². The average molecular weight is 434 g/mol. The Kier molecular flexibility index (Phi) is 7.67. The highest BCUT2D eigenvalue weighted by atomic mass is 32.2. The van der Waals surface area contributed by atoms with E-state index in [9.17, 15) is 13.2 Å². The Morgan fingerprint density at radius 1 is 1.07 bits per heavy atom. The monoisotopic (exact) mass is 433 g/mol. The molecule has 1 aliphatic heterocycles. The first-order valence-electron chi connectivity index (χ1n) is 9.92. The molecule has 1 saturated heterocycles. The maximum atomic E-state index is 12.5. The largest absolute Gasteiger partial charge is 0.494 e. The molecule has 162 valence electrons. The molecule has 1 amide bonds. The Hall–Kier alpha value is -2.62. The van der Waals surface area contributed by atoms with Gasteiger partial charge < -0.3 is 14.8 Å². The van der Waals surface area contributed by atoms with Crippen LogP contribution in [-0.4, -0.2) is 65.2 Å². The summed E-state index contributed by atoms with van der Waals surface area (Å²) in [5.74, 6) is 0.421. The number of morpholine rings is 1. The van der Waals surface area contributed by atoms with Gasteiger partial charge in [0.25, 0.3) is 15.9 Å². The second kappa shape index (κ2) is 10.4. The summed E-state index contributed by atoms with van der Waals surface area (Å²) in [6, 6.07) is 12.5. The molecule has 3 rings (SSSR count). The first-order chi connectivity index (χ1) is 14.5. The molecule has 0 radical (unpaired) electrons. The lowest BCUT2D eigenvalue weighted by Gasteiger charge is -2.26. The zero-order valence-corrected chi connectivity index (χ0v) is 17.8. The summed E-state index contributed by atoms with van der Waals surface area (Å²) in [6.07, 6.45) is 0. The van der Waals surface area contributed by atoms with E-state index in [1.165, 1.54) is 12.1 Å². The Bertz CT molecular complexity index is 924. The van der Waals surface area contributed by atoms with Gasteiger partial charge in [-0.3, -0.25) is 14.4 Å². The molecule has 2 N–H and O–H groups in total. The van der Waals surface area contributed by atoms with Crippen LogP contribution >= 0.6 is 0 Å². The number of ether oxygens (including phenoxy) is 2. The van der Waals surface area contributed by atoms with Crippen molar-refractivity contribution in [2.45, 2.75) is 11.8 Å². The SMILES string of the molecule is CCOc1ccc(S(=O)(=O)Nc2ccc(C(=O)NCCN3CCOCC3)cc2)cc1. The molecule has 0 saturated carbocycles. The predicted molar refractivity (Wildman–Crippen MR) is 114 cm³/mol. The van der Waals surface area contributed by atoms with Gasteiger partial charge in [0.05, 0.1) is 24.7 Å². The molecule has 0 bridgehead atoms. The normalized spacial score (nSPS) is 14.8. The minimum Gasteiger partial charge on any atom is -0.494 e. The summed E-state index contributed by atoms with van der Waals surface area (Å²) in [7, 11) is -3.73. The molecule has 1 heterocycles. The second-order valence-corrected chi connectivity index (χ2v) is 8.48. The van der Waals surface area contributed by atoms with Crippen molar-refractivity contribution in [3.63, 3.8) is 0 Å². The van der Waals surface area contributed by atoms with Crippen molar-refractivity contribution in [3.05, 3.63) is 54.1 Å². The van der Waals surface area contributed by atoms with E-state index in [1.807, 2.05) is 6.92 Å². The lowest BCUT2D eigenvalue weighted by atomic mass is 10.2. The number of carbonyl (C=O) groups is 1. The molecule has 2 aromatic rings. The van der Waals surface area contributed by atoms with Crippen molar-refractivity contribution >= 4 is 21.6 Å². The van der Waals surface area contributed by atoms with Crippen molar-refractivity contribution in [3.8, 4) is 5.75 Å². The van der Waals surface area contributed by atoms with Gasteiger partial charge >= 0.3 is 0 Å². The molecule has 2 aromatic carbocycles. The number of hydrogen-bond donors (Lipinski definition) is 2. The molecule has 0 unspecified atom stereocenters. The molecule has 1 fully saturated rings. The van der Waals surface area contributed by atoms with Crippen LogP contribution in [0.2, 0.25) is 0 Å². The van der Waals surface area contributed by atoms with Gasteiger partial charge in [0.1, 0.15) is 5.75 Å². The number of carbonyl (C=O) groups excluding carboxylic acids is 1. The van der Waals surface area contributed by atoms with Gasteiger partial charge in [-0.2, -0.15) is 0 Å². The molecule has 0 aliphatic carbocycles. The number of nitrogens with zero attached hydrogens (tertiary/aromatic N) is 1. The van der Waals surface area contributed by atoms with Crippen LogP contribution in [0.3, 0.4) is 0 Å². The van der Waals surface area contributed by atoms with Gasteiger partial charge in [-0.1, -0.05) is 0 Å². The van der Waals surface area contributed by atoms with Gasteiger partial charge in [-0.05, 0) is 55.5 Å². The minimum atomic E-state index is -3.73. The van der Waals surface area contributed by atoms with Gasteiger partial charge in [0.15, 0.2) is 0 Å². The van der Waals surface area contributed by atoms with E-state index in [1.54, 1.807) is 36.4 Å². The number of amides is 1. The minimum absolute atomic E-state index is 0.135. The van der Waals surface area contributed by atoms with Crippen LogP contribution in [0.1, 0.15) is 17.3 Å². The van der Waals surface area contributed by atoms with Gasteiger partial charge in [-0.15, -0.1) is 0 Å². The highest BCUT2D eigenvalue weighted by Crippen LogP contribution is 2.19. The molecule has 1 aliphatic rings.